The molecule has 104 valence electrons. The molecule has 0 saturated carbocycles. The second-order valence-corrected chi connectivity index (χ2v) is 4.91. The molecule has 1 aromatic carbocycles. The van der Waals surface area contributed by atoms with Gasteiger partial charge in [0.05, 0.1) is 18.5 Å². The number of nitrogens with one attached hydrogen (secondary N) is 1. The lowest BCUT2D eigenvalue weighted by molar-refractivity contribution is 0.103. The van der Waals surface area contributed by atoms with Crippen LogP contribution in [0, 0.1) is 0 Å². The number of benzene rings is 1. The quantitative estimate of drug-likeness (QED) is 0.593. The zero-order valence-corrected chi connectivity index (χ0v) is 11.3. The van der Waals surface area contributed by atoms with Gasteiger partial charge in [0.15, 0.2) is 11.5 Å². The molecule has 3 heterocycles. The van der Waals surface area contributed by atoms with E-state index in [0.29, 0.717) is 17.1 Å². The van der Waals surface area contributed by atoms with Crippen molar-refractivity contribution in [1.82, 2.24) is 9.55 Å². The maximum absolute atomic E-state index is 12.2. The van der Waals surface area contributed by atoms with Crippen LogP contribution in [0.15, 0.2) is 42.7 Å². The van der Waals surface area contributed by atoms with Gasteiger partial charge in [-0.05, 0) is 29.8 Å². The Morgan fingerprint density at radius 3 is 2.90 bits per heavy atom. The number of hydrogen-bond acceptors (Lipinski definition) is 3. The SMILES string of the molecule is COc1ccc(-c2c[nH]c3c2-n2cccc2C3=O)cc1O. The van der Waals surface area contributed by atoms with Crippen LogP contribution in [-0.4, -0.2) is 27.6 Å². The fourth-order valence-corrected chi connectivity index (χ4v) is 2.81. The molecule has 0 radical (unpaired) electrons. The Kier molecular flexibility index (Phi) is 2.27. The van der Waals surface area contributed by atoms with Gasteiger partial charge in [0, 0.05) is 18.0 Å². The zero-order chi connectivity index (χ0) is 14.6. The normalized spacial score (nSPS) is 12.3. The first-order chi connectivity index (χ1) is 10.2. The number of rotatable bonds is 2. The Morgan fingerprint density at radius 1 is 1.29 bits per heavy atom. The topological polar surface area (TPSA) is 67.2 Å². The molecule has 5 heteroatoms. The van der Waals surface area contributed by atoms with Crippen molar-refractivity contribution in [2.75, 3.05) is 7.11 Å². The van der Waals surface area contributed by atoms with Crippen LogP contribution in [-0.2, 0) is 0 Å². The van der Waals surface area contributed by atoms with E-state index < -0.39 is 0 Å². The number of methoxy groups -OCH3 is 1. The molecule has 5 nitrogen and oxygen atoms in total. The molecule has 1 aliphatic heterocycles. The molecule has 2 N–H and O–H groups in total. The van der Waals surface area contributed by atoms with E-state index in [1.54, 1.807) is 24.4 Å². The van der Waals surface area contributed by atoms with E-state index in [1.165, 1.54) is 7.11 Å². The van der Waals surface area contributed by atoms with E-state index in [9.17, 15) is 9.90 Å². The van der Waals surface area contributed by atoms with Crippen LogP contribution >= 0.6 is 0 Å². The highest BCUT2D eigenvalue weighted by molar-refractivity contribution is 6.14. The molecule has 0 atom stereocenters. The molecule has 2 aromatic heterocycles. The minimum absolute atomic E-state index is 0.0148. The molecular weight excluding hydrogens is 268 g/mol. The second kappa shape index (κ2) is 4.02. The molecule has 0 unspecified atom stereocenters. The van der Waals surface area contributed by atoms with Crippen molar-refractivity contribution in [2.45, 2.75) is 0 Å². The smallest absolute Gasteiger partial charge is 0.228 e. The van der Waals surface area contributed by atoms with Gasteiger partial charge in [-0.15, -0.1) is 0 Å². The van der Waals surface area contributed by atoms with Gasteiger partial charge in [-0.2, -0.15) is 0 Å². The lowest BCUT2D eigenvalue weighted by Crippen LogP contribution is -1.96. The molecule has 1 aliphatic rings. The number of ketones is 1. The number of hydrogen-bond donors (Lipinski definition) is 2. The predicted octanol–water partition coefficient (Wildman–Crippen LogP) is 2.73. The summed E-state index contributed by atoms with van der Waals surface area (Å²) >= 11 is 0. The molecule has 0 aliphatic carbocycles. The van der Waals surface area contributed by atoms with Crippen molar-refractivity contribution < 1.29 is 14.6 Å². The van der Waals surface area contributed by atoms with E-state index in [4.69, 9.17) is 4.74 Å². The lowest BCUT2D eigenvalue weighted by atomic mass is 10.1. The van der Waals surface area contributed by atoms with Gasteiger partial charge in [-0.1, -0.05) is 6.07 Å². The van der Waals surface area contributed by atoms with Crippen molar-refractivity contribution in [1.29, 1.82) is 0 Å². The van der Waals surface area contributed by atoms with Crippen LogP contribution in [0.5, 0.6) is 11.5 Å². The maximum Gasteiger partial charge on any atom is 0.228 e. The Balaban J connectivity index is 1.92. The average Bonchev–Trinajstić information content (AvgIpc) is 3.16. The number of phenols is 1. The van der Waals surface area contributed by atoms with Crippen LogP contribution in [0.4, 0.5) is 0 Å². The highest BCUT2D eigenvalue weighted by Crippen LogP contribution is 2.39. The summed E-state index contributed by atoms with van der Waals surface area (Å²) in [4.78, 5) is 15.3. The minimum atomic E-state index is -0.0148. The number of phenolic OH excluding ortho intramolecular Hbond substituents is 1. The van der Waals surface area contributed by atoms with Crippen molar-refractivity contribution in [3.8, 4) is 28.3 Å². The predicted molar refractivity (Wildman–Crippen MR) is 77.2 cm³/mol. The van der Waals surface area contributed by atoms with Gasteiger partial charge in [0.1, 0.15) is 5.69 Å². The monoisotopic (exact) mass is 280 g/mol. The number of carbonyl (C=O) groups is 1. The molecule has 0 spiro atoms. The summed E-state index contributed by atoms with van der Waals surface area (Å²) in [5, 5.41) is 9.94. The molecule has 4 rings (SSSR count). The number of carbonyl (C=O) groups excluding carboxylic acids is 1. The summed E-state index contributed by atoms with van der Waals surface area (Å²) in [6, 6.07) is 8.84. The van der Waals surface area contributed by atoms with Crippen LogP contribution < -0.4 is 4.74 Å². The van der Waals surface area contributed by atoms with Crippen LogP contribution in [0.1, 0.15) is 16.2 Å². The standard InChI is InChI=1S/C16H12N2O3/c1-21-13-5-4-9(7-12(13)19)10-8-17-14-15(10)18-6-2-3-11(18)16(14)20/h2-8,17,19H,1H3. The zero-order valence-electron chi connectivity index (χ0n) is 11.3. The maximum atomic E-state index is 12.2. The number of aromatic nitrogens is 2. The number of nitrogens with zero attached hydrogens (tertiary/aromatic N) is 1. The summed E-state index contributed by atoms with van der Waals surface area (Å²) in [5.74, 6) is 0.477. The molecule has 21 heavy (non-hydrogen) atoms. The van der Waals surface area contributed by atoms with Crippen molar-refractivity contribution in [3.63, 3.8) is 0 Å². The Labute approximate surface area is 120 Å². The third-order valence-electron chi connectivity index (χ3n) is 3.79. The summed E-state index contributed by atoms with van der Waals surface area (Å²) in [7, 11) is 1.51. The lowest BCUT2D eigenvalue weighted by Gasteiger charge is -2.07. The van der Waals surface area contributed by atoms with E-state index in [-0.39, 0.29) is 11.5 Å². The third-order valence-corrected chi connectivity index (χ3v) is 3.79. The number of aromatic hydroxyl groups is 1. The largest absolute Gasteiger partial charge is 0.504 e. The van der Waals surface area contributed by atoms with Gasteiger partial charge in [0.25, 0.3) is 0 Å². The van der Waals surface area contributed by atoms with Gasteiger partial charge < -0.3 is 19.4 Å². The summed E-state index contributed by atoms with van der Waals surface area (Å²) in [5.41, 5.74) is 3.74. The number of aromatic amines is 1. The Hall–Kier alpha value is -2.95. The molecule has 3 aromatic rings. The van der Waals surface area contributed by atoms with Gasteiger partial charge in [-0.25, -0.2) is 0 Å². The molecule has 0 saturated heterocycles. The number of fused-ring (bicyclic) bond motifs is 3. The van der Waals surface area contributed by atoms with E-state index in [0.717, 1.165) is 16.8 Å². The first kappa shape index (κ1) is 11.8. The van der Waals surface area contributed by atoms with E-state index in [2.05, 4.69) is 4.98 Å². The highest BCUT2D eigenvalue weighted by Gasteiger charge is 2.30. The number of H-pyrrole nitrogens is 1. The summed E-state index contributed by atoms with van der Waals surface area (Å²) < 4.78 is 6.92. The molecular formula is C16H12N2O3. The third kappa shape index (κ3) is 1.48. The highest BCUT2D eigenvalue weighted by atomic mass is 16.5. The first-order valence-corrected chi connectivity index (χ1v) is 6.52. The van der Waals surface area contributed by atoms with Gasteiger partial charge in [-0.3, -0.25) is 4.79 Å². The van der Waals surface area contributed by atoms with Crippen LogP contribution in [0.2, 0.25) is 0 Å². The van der Waals surface area contributed by atoms with Gasteiger partial charge in [0.2, 0.25) is 5.78 Å². The van der Waals surface area contributed by atoms with Crippen molar-refractivity contribution in [2.24, 2.45) is 0 Å². The van der Waals surface area contributed by atoms with Crippen molar-refractivity contribution >= 4 is 5.78 Å². The molecule has 0 fully saturated rings. The first-order valence-electron chi connectivity index (χ1n) is 6.52. The van der Waals surface area contributed by atoms with E-state index in [1.807, 2.05) is 22.9 Å². The second-order valence-electron chi connectivity index (χ2n) is 4.91. The summed E-state index contributed by atoms with van der Waals surface area (Å²) in [6.07, 6.45) is 3.65. The fourth-order valence-electron chi connectivity index (χ4n) is 2.81. The van der Waals surface area contributed by atoms with E-state index >= 15 is 0 Å². The average molecular weight is 280 g/mol. The Bertz CT molecular complexity index is 874. The fraction of sp³-hybridized carbons (Fsp3) is 0.0625. The van der Waals surface area contributed by atoms with Crippen LogP contribution in [0.3, 0.4) is 0 Å². The molecule has 0 bridgehead atoms. The molecule has 0 amide bonds. The van der Waals surface area contributed by atoms with Crippen molar-refractivity contribution in [3.05, 3.63) is 54.1 Å². The van der Waals surface area contributed by atoms with Gasteiger partial charge >= 0.3 is 0 Å². The minimum Gasteiger partial charge on any atom is -0.504 e. The summed E-state index contributed by atoms with van der Waals surface area (Å²) in [6.45, 7) is 0. The van der Waals surface area contributed by atoms with Crippen LogP contribution in [0.25, 0.3) is 16.8 Å². The Morgan fingerprint density at radius 2 is 2.14 bits per heavy atom. The number of ether oxygens (including phenoxy) is 1.